The summed E-state index contributed by atoms with van der Waals surface area (Å²) in [6.07, 6.45) is 2.12. The number of aryl methyl sites for hydroxylation is 1. The van der Waals surface area contributed by atoms with Gasteiger partial charge in [0, 0.05) is 13.6 Å². The molecule has 7 heteroatoms. The first-order valence-corrected chi connectivity index (χ1v) is 7.16. The predicted octanol–water partition coefficient (Wildman–Crippen LogP) is 1.79. The third-order valence-electron chi connectivity index (χ3n) is 2.26. The van der Waals surface area contributed by atoms with E-state index >= 15 is 0 Å². The number of hydrogen-bond donors (Lipinski definition) is 1. The Balaban J connectivity index is 2.74. The van der Waals surface area contributed by atoms with E-state index in [4.69, 9.17) is 11.6 Å². The van der Waals surface area contributed by atoms with Crippen molar-refractivity contribution in [2.24, 2.45) is 12.5 Å². The molecule has 0 fully saturated rings. The molecule has 0 aliphatic rings. The monoisotopic (exact) mass is 279 g/mol. The van der Waals surface area contributed by atoms with Gasteiger partial charge < -0.3 is 4.57 Å². The zero-order valence-corrected chi connectivity index (χ0v) is 12.1. The van der Waals surface area contributed by atoms with Gasteiger partial charge in [0.25, 0.3) is 10.0 Å². The highest BCUT2D eigenvalue weighted by atomic mass is 35.5. The Bertz CT molecular complexity index is 488. The molecule has 0 aromatic carbocycles. The van der Waals surface area contributed by atoms with Gasteiger partial charge in [0.1, 0.15) is 5.15 Å². The van der Waals surface area contributed by atoms with E-state index in [1.54, 1.807) is 7.05 Å². The average Bonchev–Trinajstić information content (AvgIpc) is 2.45. The summed E-state index contributed by atoms with van der Waals surface area (Å²) in [5, 5.41) is 0.00355. The van der Waals surface area contributed by atoms with E-state index in [0.717, 1.165) is 6.42 Å². The van der Waals surface area contributed by atoms with Gasteiger partial charge in [-0.3, -0.25) is 0 Å². The molecule has 1 aromatic heterocycles. The van der Waals surface area contributed by atoms with Crippen molar-refractivity contribution in [3.63, 3.8) is 0 Å². The molecule has 0 atom stereocenters. The molecule has 1 heterocycles. The molecule has 1 N–H and O–H groups in total. The second-order valence-corrected chi connectivity index (χ2v) is 7.20. The fourth-order valence-electron chi connectivity index (χ4n) is 1.20. The molecule has 0 radical (unpaired) electrons. The minimum absolute atomic E-state index is 0.0798. The van der Waals surface area contributed by atoms with Crippen LogP contribution in [-0.4, -0.2) is 24.5 Å². The van der Waals surface area contributed by atoms with Crippen molar-refractivity contribution in [1.29, 1.82) is 0 Å². The van der Waals surface area contributed by atoms with E-state index in [0.29, 0.717) is 6.54 Å². The van der Waals surface area contributed by atoms with E-state index in [9.17, 15) is 8.42 Å². The summed E-state index contributed by atoms with van der Waals surface area (Å²) in [5.74, 6) is 0. The van der Waals surface area contributed by atoms with Crippen LogP contribution in [0.5, 0.6) is 0 Å². The van der Waals surface area contributed by atoms with Crippen molar-refractivity contribution < 1.29 is 8.42 Å². The summed E-state index contributed by atoms with van der Waals surface area (Å²) in [7, 11) is -1.96. The standard InChI is InChI=1S/C10H18ClN3O2S/c1-10(2,3)5-6-13-17(15,16)9-8(11)14(4)7-12-9/h7,13H,5-6H2,1-4H3. The molecule has 0 amide bonds. The number of rotatable bonds is 4. The molecule has 0 saturated carbocycles. The van der Waals surface area contributed by atoms with Gasteiger partial charge in [-0.15, -0.1) is 0 Å². The van der Waals surface area contributed by atoms with E-state index in [2.05, 4.69) is 30.5 Å². The van der Waals surface area contributed by atoms with Crippen LogP contribution in [0.4, 0.5) is 0 Å². The number of nitrogens with zero attached hydrogens (tertiary/aromatic N) is 2. The molecule has 0 spiro atoms. The van der Waals surface area contributed by atoms with Gasteiger partial charge in [-0.2, -0.15) is 0 Å². The maximum atomic E-state index is 11.9. The van der Waals surface area contributed by atoms with Gasteiger partial charge in [-0.05, 0) is 11.8 Å². The van der Waals surface area contributed by atoms with Gasteiger partial charge in [0.15, 0.2) is 0 Å². The molecule has 0 unspecified atom stereocenters. The van der Waals surface area contributed by atoms with Crippen LogP contribution in [-0.2, 0) is 17.1 Å². The summed E-state index contributed by atoms with van der Waals surface area (Å²) in [4.78, 5) is 3.78. The molecular formula is C10H18ClN3O2S. The van der Waals surface area contributed by atoms with E-state index < -0.39 is 10.0 Å². The van der Waals surface area contributed by atoms with Crippen LogP contribution in [0.15, 0.2) is 11.4 Å². The Morgan fingerprint density at radius 2 is 2.06 bits per heavy atom. The highest BCUT2D eigenvalue weighted by Gasteiger charge is 2.22. The number of halogens is 1. The minimum Gasteiger partial charge on any atom is -0.324 e. The van der Waals surface area contributed by atoms with E-state index in [-0.39, 0.29) is 15.6 Å². The summed E-state index contributed by atoms with van der Waals surface area (Å²) >= 11 is 5.84. The Kier molecular flexibility index (Phi) is 4.22. The maximum absolute atomic E-state index is 11.9. The van der Waals surface area contributed by atoms with Gasteiger partial charge >= 0.3 is 0 Å². The topological polar surface area (TPSA) is 64.0 Å². The lowest BCUT2D eigenvalue weighted by Gasteiger charge is -2.17. The molecule has 0 aliphatic heterocycles. The van der Waals surface area contributed by atoms with E-state index in [1.807, 2.05) is 0 Å². The van der Waals surface area contributed by atoms with Crippen LogP contribution in [0.1, 0.15) is 27.2 Å². The van der Waals surface area contributed by atoms with Crippen molar-refractivity contribution in [3.8, 4) is 0 Å². The summed E-state index contributed by atoms with van der Waals surface area (Å²) in [6.45, 7) is 6.53. The third-order valence-corrected chi connectivity index (χ3v) is 4.21. The lowest BCUT2D eigenvalue weighted by Crippen LogP contribution is -2.28. The molecule has 1 aromatic rings. The fraction of sp³-hybridized carbons (Fsp3) is 0.700. The first-order valence-electron chi connectivity index (χ1n) is 5.30. The van der Waals surface area contributed by atoms with Crippen LogP contribution < -0.4 is 4.72 Å². The Labute approximate surface area is 107 Å². The Morgan fingerprint density at radius 3 is 2.47 bits per heavy atom. The summed E-state index contributed by atoms with van der Waals surface area (Å²) in [5.41, 5.74) is 0.0798. The third kappa shape index (κ3) is 3.97. The molecule has 0 aliphatic carbocycles. The van der Waals surface area contributed by atoms with Gasteiger partial charge in [0.05, 0.1) is 6.33 Å². The van der Waals surface area contributed by atoms with Crippen molar-refractivity contribution in [2.75, 3.05) is 6.54 Å². The van der Waals surface area contributed by atoms with Crippen LogP contribution >= 0.6 is 11.6 Å². The summed E-state index contributed by atoms with van der Waals surface area (Å²) < 4.78 is 27.7. The van der Waals surface area contributed by atoms with Crippen molar-refractivity contribution in [1.82, 2.24) is 14.3 Å². The highest BCUT2D eigenvalue weighted by molar-refractivity contribution is 7.89. The molecule has 0 bridgehead atoms. The van der Waals surface area contributed by atoms with Crippen molar-refractivity contribution in [2.45, 2.75) is 32.2 Å². The van der Waals surface area contributed by atoms with Gasteiger partial charge in [-0.25, -0.2) is 18.1 Å². The number of imidazole rings is 1. The van der Waals surface area contributed by atoms with Gasteiger partial charge in [0.2, 0.25) is 5.03 Å². The van der Waals surface area contributed by atoms with Crippen molar-refractivity contribution in [3.05, 3.63) is 11.5 Å². The highest BCUT2D eigenvalue weighted by Crippen LogP contribution is 2.20. The molecule has 98 valence electrons. The Morgan fingerprint density at radius 1 is 1.47 bits per heavy atom. The lowest BCUT2D eigenvalue weighted by molar-refractivity contribution is 0.378. The molecule has 17 heavy (non-hydrogen) atoms. The second-order valence-electron chi connectivity index (χ2n) is 5.16. The molecular weight excluding hydrogens is 262 g/mol. The number of hydrogen-bond acceptors (Lipinski definition) is 3. The first kappa shape index (κ1) is 14.5. The van der Waals surface area contributed by atoms with Crippen LogP contribution in [0, 0.1) is 5.41 Å². The SMILES string of the molecule is Cn1cnc(S(=O)(=O)NCCC(C)(C)C)c1Cl. The zero-order valence-electron chi connectivity index (χ0n) is 10.5. The van der Waals surface area contributed by atoms with Gasteiger partial charge in [-0.1, -0.05) is 32.4 Å². The quantitative estimate of drug-likeness (QED) is 0.914. The summed E-state index contributed by atoms with van der Waals surface area (Å²) in [6, 6.07) is 0. The number of nitrogens with one attached hydrogen (secondary N) is 1. The normalized spacial score (nSPS) is 13.0. The first-order chi connectivity index (χ1) is 7.63. The molecule has 0 saturated heterocycles. The molecule has 5 nitrogen and oxygen atoms in total. The van der Waals surface area contributed by atoms with Crippen LogP contribution in [0.3, 0.4) is 0 Å². The zero-order chi connectivity index (χ0) is 13.3. The van der Waals surface area contributed by atoms with Crippen molar-refractivity contribution >= 4 is 21.6 Å². The molecule has 1 rings (SSSR count). The van der Waals surface area contributed by atoms with Crippen LogP contribution in [0.2, 0.25) is 5.15 Å². The Hall–Kier alpha value is -0.590. The average molecular weight is 280 g/mol. The number of aromatic nitrogens is 2. The maximum Gasteiger partial charge on any atom is 0.261 e. The largest absolute Gasteiger partial charge is 0.324 e. The van der Waals surface area contributed by atoms with E-state index in [1.165, 1.54) is 10.9 Å². The second kappa shape index (κ2) is 4.96. The fourth-order valence-corrected chi connectivity index (χ4v) is 2.66. The smallest absolute Gasteiger partial charge is 0.261 e. The predicted molar refractivity (Wildman–Crippen MR) is 67.5 cm³/mol. The number of sulfonamides is 1. The minimum atomic E-state index is -3.61. The van der Waals surface area contributed by atoms with Crippen LogP contribution in [0.25, 0.3) is 0 Å². The lowest BCUT2D eigenvalue weighted by atomic mass is 9.93.